The number of carbonyl (C=O) groups excluding carboxylic acids is 2. The van der Waals surface area contributed by atoms with Gasteiger partial charge in [0, 0.05) is 12.8 Å². The minimum Gasteiger partial charge on any atom is -0.456 e. The fourth-order valence-electron chi connectivity index (χ4n) is 9.48. The number of nitrogens with zero attached hydrogens (tertiary/aromatic N) is 1. The number of rotatable bonds is 59. The van der Waals surface area contributed by atoms with Crippen LogP contribution in [0.2, 0.25) is 0 Å². The number of phosphoric acid groups is 1. The van der Waals surface area contributed by atoms with Gasteiger partial charge in [-0.1, -0.05) is 275 Å². The lowest BCUT2D eigenvalue weighted by molar-refractivity contribution is -0.870. The summed E-state index contributed by atoms with van der Waals surface area (Å²) >= 11 is 0. The van der Waals surface area contributed by atoms with Crippen molar-refractivity contribution in [3.63, 3.8) is 0 Å². The summed E-state index contributed by atoms with van der Waals surface area (Å²) < 4.78 is 30.7. The van der Waals surface area contributed by atoms with Crippen LogP contribution in [0.15, 0.2) is 48.6 Å². The lowest BCUT2D eigenvalue weighted by Crippen LogP contribution is -2.47. The second-order valence-corrected chi connectivity index (χ2v) is 24.7. The number of hydrogen-bond acceptors (Lipinski definition) is 6. The highest BCUT2D eigenvalue weighted by atomic mass is 31.2. The molecule has 0 radical (unpaired) electrons. The average molecular weight is 1090 g/mol. The molecule has 10 heteroatoms. The number of allylic oxidation sites excluding steroid dienone is 7. The summed E-state index contributed by atoms with van der Waals surface area (Å²) in [7, 11) is 1.50. The van der Waals surface area contributed by atoms with Crippen LogP contribution >= 0.6 is 7.82 Å². The van der Waals surface area contributed by atoms with Crippen LogP contribution in [-0.2, 0) is 27.9 Å². The summed E-state index contributed by atoms with van der Waals surface area (Å²) in [5.41, 5.74) is 0. The van der Waals surface area contributed by atoms with Gasteiger partial charge in [0.1, 0.15) is 19.3 Å². The van der Waals surface area contributed by atoms with Crippen molar-refractivity contribution >= 4 is 19.7 Å². The van der Waals surface area contributed by atoms with Crippen LogP contribution in [0.1, 0.15) is 310 Å². The van der Waals surface area contributed by atoms with Crippen molar-refractivity contribution in [3.05, 3.63) is 48.6 Å². The Bertz CT molecular complexity index is 1440. The van der Waals surface area contributed by atoms with Crippen LogP contribution in [0.4, 0.5) is 0 Å². The Morgan fingerprint density at radius 3 is 1.22 bits per heavy atom. The summed E-state index contributed by atoms with van der Waals surface area (Å²) in [6, 6.07) is -0.846. The molecule has 0 saturated carbocycles. The Labute approximate surface area is 471 Å². The quantitative estimate of drug-likeness (QED) is 0.0205. The summed E-state index contributed by atoms with van der Waals surface area (Å²) in [5.74, 6) is -0.495. The average Bonchev–Trinajstić information content (AvgIpc) is 3.38. The highest BCUT2D eigenvalue weighted by Gasteiger charge is 2.30. The molecular formula is C66H126N2O7P+. The van der Waals surface area contributed by atoms with Crippen LogP contribution in [0.25, 0.3) is 0 Å². The van der Waals surface area contributed by atoms with Gasteiger partial charge in [-0.2, -0.15) is 0 Å². The number of likely N-dealkylation sites (N-methyl/N-ethyl adjacent to an activating group) is 1. The molecule has 0 aromatic carbocycles. The molecule has 0 spiro atoms. The molecule has 3 unspecified atom stereocenters. The zero-order valence-corrected chi connectivity index (χ0v) is 51.9. The minimum absolute atomic E-state index is 0.0414. The molecular weight excluding hydrogens is 964 g/mol. The van der Waals surface area contributed by atoms with E-state index in [1.54, 1.807) is 0 Å². The van der Waals surface area contributed by atoms with Crippen LogP contribution in [0, 0.1) is 0 Å². The molecule has 0 bridgehead atoms. The highest BCUT2D eigenvalue weighted by Crippen LogP contribution is 2.43. The lowest BCUT2D eigenvalue weighted by Gasteiger charge is -2.27. The Morgan fingerprint density at radius 2 is 0.803 bits per heavy atom. The molecule has 3 atom stereocenters. The van der Waals surface area contributed by atoms with E-state index in [4.69, 9.17) is 13.8 Å². The zero-order valence-electron chi connectivity index (χ0n) is 51.0. The van der Waals surface area contributed by atoms with Gasteiger partial charge in [0.05, 0.1) is 33.8 Å². The van der Waals surface area contributed by atoms with E-state index in [0.29, 0.717) is 23.9 Å². The Kier molecular flexibility index (Phi) is 54.7. The monoisotopic (exact) mass is 1090 g/mol. The van der Waals surface area contributed by atoms with E-state index in [-0.39, 0.29) is 25.1 Å². The van der Waals surface area contributed by atoms with Gasteiger partial charge in [-0.3, -0.25) is 18.6 Å². The summed E-state index contributed by atoms with van der Waals surface area (Å²) in [6.45, 7) is 7.01. The molecule has 0 rings (SSSR count). The topological polar surface area (TPSA) is 111 Å². The van der Waals surface area contributed by atoms with Crippen molar-refractivity contribution in [1.82, 2.24) is 5.32 Å². The number of hydrogen-bond donors (Lipinski definition) is 2. The van der Waals surface area contributed by atoms with Crippen LogP contribution in [-0.4, -0.2) is 74.3 Å². The first-order valence-electron chi connectivity index (χ1n) is 32.5. The van der Waals surface area contributed by atoms with Gasteiger partial charge in [0.15, 0.2) is 0 Å². The molecule has 446 valence electrons. The van der Waals surface area contributed by atoms with E-state index >= 15 is 0 Å². The Hall–Kier alpha value is -2.03. The predicted molar refractivity (Wildman–Crippen MR) is 328 cm³/mol. The molecule has 9 nitrogen and oxygen atoms in total. The second-order valence-electron chi connectivity index (χ2n) is 23.3. The Morgan fingerprint density at radius 1 is 0.461 bits per heavy atom. The third-order valence-electron chi connectivity index (χ3n) is 14.5. The van der Waals surface area contributed by atoms with E-state index in [0.717, 1.165) is 70.6 Å². The van der Waals surface area contributed by atoms with Gasteiger partial charge < -0.3 is 19.4 Å². The summed E-state index contributed by atoms with van der Waals surface area (Å²) in [6.07, 6.45) is 69.6. The first-order valence-corrected chi connectivity index (χ1v) is 34.0. The first kappa shape index (κ1) is 74.0. The Balaban J connectivity index is 5.08. The van der Waals surface area contributed by atoms with E-state index in [9.17, 15) is 19.0 Å². The number of carbonyl (C=O) groups is 2. The molecule has 0 aromatic heterocycles. The lowest BCUT2D eigenvalue weighted by atomic mass is 10.0. The molecule has 0 aliphatic heterocycles. The summed E-state index contributed by atoms with van der Waals surface area (Å²) in [5, 5.41) is 3.06. The van der Waals surface area contributed by atoms with E-state index < -0.39 is 20.0 Å². The highest BCUT2D eigenvalue weighted by molar-refractivity contribution is 7.47. The second kappa shape index (κ2) is 56.3. The minimum atomic E-state index is -4.45. The molecule has 76 heavy (non-hydrogen) atoms. The van der Waals surface area contributed by atoms with Crippen molar-refractivity contribution in [2.75, 3.05) is 40.9 Å². The third kappa shape index (κ3) is 56.7. The SMILES string of the molecule is CCCCC/C=C\C/C=C\C/C=C\CCCCCCCCCCCCCCC(=O)NC(COP(=O)(O)OCC[N+](C)(C)C)C(/C=C\CCCCCCCCCCCC)OC(=O)CCCCCCCCCCCCCCC. The van der Waals surface area contributed by atoms with Crippen molar-refractivity contribution in [1.29, 1.82) is 0 Å². The van der Waals surface area contributed by atoms with Crippen molar-refractivity contribution in [3.8, 4) is 0 Å². The van der Waals surface area contributed by atoms with Crippen LogP contribution in [0.5, 0.6) is 0 Å². The number of ether oxygens (including phenoxy) is 1. The maximum absolute atomic E-state index is 13.6. The van der Waals surface area contributed by atoms with Gasteiger partial charge in [0.2, 0.25) is 5.91 Å². The van der Waals surface area contributed by atoms with E-state index in [1.807, 2.05) is 33.3 Å². The fourth-order valence-corrected chi connectivity index (χ4v) is 10.2. The molecule has 1 amide bonds. The molecule has 0 fully saturated rings. The van der Waals surface area contributed by atoms with Crippen molar-refractivity contribution in [2.45, 2.75) is 322 Å². The smallest absolute Gasteiger partial charge is 0.456 e. The number of unbranched alkanes of at least 4 members (excludes halogenated alkanes) is 37. The van der Waals surface area contributed by atoms with Crippen molar-refractivity contribution < 1.29 is 37.3 Å². The van der Waals surface area contributed by atoms with Crippen LogP contribution in [0.3, 0.4) is 0 Å². The third-order valence-corrected chi connectivity index (χ3v) is 15.5. The van der Waals surface area contributed by atoms with Gasteiger partial charge in [-0.05, 0) is 70.3 Å². The first-order chi connectivity index (χ1) is 36.9. The molecule has 0 aliphatic carbocycles. The number of quaternary nitrogens is 1. The van der Waals surface area contributed by atoms with Gasteiger partial charge >= 0.3 is 13.8 Å². The number of phosphoric ester groups is 1. The predicted octanol–water partition coefficient (Wildman–Crippen LogP) is 20.1. The van der Waals surface area contributed by atoms with Crippen LogP contribution < -0.4 is 5.32 Å². The maximum Gasteiger partial charge on any atom is 0.472 e. The molecule has 0 aliphatic rings. The largest absolute Gasteiger partial charge is 0.472 e. The molecule has 0 heterocycles. The van der Waals surface area contributed by atoms with E-state index in [1.165, 1.54) is 205 Å². The van der Waals surface area contributed by atoms with Gasteiger partial charge in [-0.25, -0.2) is 4.57 Å². The van der Waals surface area contributed by atoms with E-state index in [2.05, 4.69) is 62.5 Å². The summed E-state index contributed by atoms with van der Waals surface area (Å²) in [4.78, 5) is 37.7. The number of nitrogens with one attached hydrogen (secondary N) is 1. The molecule has 0 aromatic rings. The normalized spacial score (nSPS) is 13.9. The maximum atomic E-state index is 13.6. The fraction of sp³-hybridized carbons (Fsp3) is 0.848. The van der Waals surface area contributed by atoms with Gasteiger partial charge in [-0.15, -0.1) is 0 Å². The zero-order chi connectivity index (χ0) is 55.7. The van der Waals surface area contributed by atoms with Gasteiger partial charge in [0.25, 0.3) is 0 Å². The number of amides is 1. The standard InChI is InChI=1S/C66H125N2O7P/c1-7-10-13-16-19-22-25-28-29-30-31-32-33-34-35-36-37-38-39-41-43-46-49-52-55-58-65(69)67-63(62-74-76(71,72)73-61-60-68(4,5)6)64(57-54-51-48-45-42-27-24-21-18-15-12-9-3)75-66(70)59-56-53-50-47-44-40-26-23-20-17-14-11-8-2/h19,22,28-29,31-32,54,57,63-64H,7-18,20-21,23-27,30,33-53,55-56,58-62H2,1-6H3,(H-,67,69,71,72)/p+1/b22-19-,29-28-,32-31-,57-54-. The molecule has 2 N–H and O–H groups in total. The van der Waals surface area contributed by atoms with Crippen molar-refractivity contribution in [2.24, 2.45) is 0 Å². The molecule has 0 saturated heterocycles. The number of esters is 1.